The largest absolute Gasteiger partial charge is 0.486 e. The second-order valence-electron chi connectivity index (χ2n) is 8.83. The van der Waals surface area contributed by atoms with Crippen molar-refractivity contribution in [2.75, 3.05) is 31.0 Å². The number of hydrogen-bond acceptors (Lipinski definition) is 5. The Labute approximate surface area is 188 Å². The van der Waals surface area contributed by atoms with Crippen LogP contribution in [0.5, 0.6) is 11.5 Å². The third-order valence-corrected chi connectivity index (χ3v) is 8.17. The van der Waals surface area contributed by atoms with E-state index in [2.05, 4.69) is 4.72 Å². The zero-order valence-electron chi connectivity index (χ0n) is 18.0. The number of amides is 1. The minimum atomic E-state index is -3.79. The van der Waals surface area contributed by atoms with Crippen molar-refractivity contribution in [3.63, 3.8) is 0 Å². The van der Waals surface area contributed by atoms with Crippen molar-refractivity contribution >= 4 is 21.6 Å². The molecule has 2 aliphatic heterocycles. The van der Waals surface area contributed by atoms with E-state index in [4.69, 9.17) is 9.47 Å². The summed E-state index contributed by atoms with van der Waals surface area (Å²) in [5.74, 6) is 2.37. The van der Waals surface area contributed by atoms with E-state index in [0.29, 0.717) is 41.9 Å². The van der Waals surface area contributed by atoms with Gasteiger partial charge in [-0.25, -0.2) is 8.42 Å². The first-order valence-corrected chi connectivity index (χ1v) is 12.8. The number of carbonyl (C=O) groups excluding carboxylic acids is 1. The molecule has 3 aliphatic rings. The summed E-state index contributed by atoms with van der Waals surface area (Å²) < 4.78 is 39.1. The molecule has 2 atom stereocenters. The van der Waals surface area contributed by atoms with E-state index >= 15 is 0 Å². The summed E-state index contributed by atoms with van der Waals surface area (Å²) in [6, 6.07) is 11.2. The second kappa shape index (κ2) is 8.65. The molecule has 32 heavy (non-hydrogen) atoms. The highest BCUT2D eigenvalue weighted by atomic mass is 32.2. The second-order valence-corrected chi connectivity index (χ2v) is 10.5. The van der Waals surface area contributed by atoms with Crippen LogP contribution in [0.2, 0.25) is 0 Å². The van der Waals surface area contributed by atoms with Crippen LogP contribution in [-0.2, 0) is 10.0 Å². The van der Waals surface area contributed by atoms with Crippen LogP contribution in [0.25, 0.3) is 0 Å². The minimum Gasteiger partial charge on any atom is -0.486 e. The van der Waals surface area contributed by atoms with Crippen molar-refractivity contribution in [2.45, 2.75) is 37.0 Å². The molecule has 2 heterocycles. The topological polar surface area (TPSA) is 84.9 Å². The lowest BCUT2D eigenvalue weighted by atomic mass is 9.75. The summed E-state index contributed by atoms with van der Waals surface area (Å²) in [6.07, 6.45) is 6.18. The molecule has 1 aliphatic carbocycles. The third kappa shape index (κ3) is 4.28. The molecule has 0 aromatic heterocycles. The van der Waals surface area contributed by atoms with Crippen molar-refractivity contribution in [1.82, 2.24) is 4.90 Å². The van der Waals surface area contributed by atoms with Crippen LogP contribution < -0.4 is 14.2 Å². The van der Waals surface area contributed by atoms with Gasteiger partial charge in [-0.2, -0.15) is 0 Å². The molecular formula is C24H28N2O5S. The Morgan fingerprint density at radius 2 is 1.62 bits per heavy atom. The highest BCUT2D eigenvalue weighted by molar-refractivity contribution is 7.92. The maximum Gasteiger partial charge on any atom is 0.262 e. The van der Waals surface area contributed by atoms with Gasteiger partial charge in [0.15, 0.2) is 11.5 Å². The Morgan fingerprint density at radius 1 is 0.906 bits per heavy atom. The predicted molar refractivity (Wildman–Crippen MR) is 121 cm³/mol. The van der Waals surface area contributed by atoms with E-state index in [1.54, 1.807) is 30.3 Å². The van der Waals surface area contributed by atoms with Gasteiger partial charge in [-0.05, 0) is 61.1 Å². The van der Waals surface area contributed by atoms with Gasteiger partial charge in [0, 0.05) is 30.4 Å². The number of anilines is 1. The maximum atomic E-state index is 13.0. The number of benzene rings is 2. The van der Waals surface area contributed by atoms with Gasteiger partial charge >= 0.3 is 0 Å². The van der Waals surface area contributed by atoms with Gasteiger partial charge in [-0.3, -0.25) is 9.52 Å². The van der Waals surface area contributed by atoms with E-state index in [-0.39, 0.29) is 10.8 Å². The van der Waals surface area contributed by atoms with E-state index in [0.717, 1.165) is 25.4 Å². The first kappa shape index (κ1) is 21.1. The van der Waals surface area contributed by atoms with Crippen molar-refractivity contribution < 1.29 is 22.7 Å². The Hall–Kier alpha value is -2.74. The molecule has 0 bridgehead atoms. The average Bonchev–Trinajstić information content (AvgIpc) is 2.83. The molecule has 2 aromatic rings. The van der Waals surface area contributed by atoms with E-state index in [9.17, 15) is 13.2 Å². The third-order valence-electron chi connectivity index (χ3n) is 6.79. The van der Waals surface area contributed by atoms with Gasteiger partial charge in [0.1, 0.15) is 13.2 Å². The smallest absolute Gasteiger partial charge is 0.262 e. The first-order valence-electron chi connectivity index (χ1n) is 11.3. The van der Waals surface area contributed by atoms with Gasteiger partial charge in [0.05, 0.1) is 4.90 Å². The Bertz CT molecular complexity index is 1100. The maximum absolute atomic E-state index is 13.0. The number of carbonyl (C=O) groups is 1. The number of sulfonamides is 1. The predicted octanol–water partition coefficient (Wildman–Crippen LogP) is 3.91. The van der Waals surface area contributed by atoms with Gasteiger partial charge in [-0.15, -0.1) is 0 Å². The molecule has 1 saturated heterocycles. The van der Waals surface area contributed by atoms with Crippen LogP contribution in [0, 0.1) is 11.8 Å². The SMILES string of the molecule is O=C(c1ccc(NS(=O)(=O)c2ccc3c(c2)OCCO3)cc1)N1CC[C@@H]2CCCC[C@@H]2C1. The fourth-order valence-corrected chi connectivity index (χ4v) is 6.13. The van der Waals surface area contributed by atoms with E-state index in [1.807, 2.05) is 4.90 Å². The van der Waals surface area contributed by atoms with Gasteiger partial charge < -0.3 is 14.4 Å². The fraction of sp³-hybridized carbons (Fsp3) is 0.458. The molecular weight excluding hydrogens is 428 g/mol. The zero-order valence-corrected chi connectivity index (χ0v) is 18.8. The Morgan fingerprint density at radius 3 is 2.41 bits per heavy atom. The number of nitrogens with one attached hydrogen (secondary N) is 1. The molecule has 5 rings (SSSR count). The molecule has 7 nitrogen and oxygen atoms in total. The van der Waals surface area contributed by atoms with Crippen LogP contribution in [0.3, 0.4) is 0 Å². The Balaban J connectivity index is 1.26. The van der Waals surface area contributed by atoms with Gasteiger partial charge in [-0.1, -0.05) is 19.3 Å². The number of hydrogen-bond donors (Lipinski definition) is 1. The molecule has 1 N–H and O–H groups in total. The molecule has 0 spiro atoms. The van der Waals surface area contributed by atoms with Crippen LogP contribution in [0.15, 0.2) is 47.4 Å². The monoisotopic (exact) mass is 456 g/mol. The quantitative estimate of drug-likeness (QED) is 0.754. The molecule has 1 amide bonds. The number of rotatable bonds is 4. The van der Waals surface area contributed by atoms with Crippen molar-refractivity contribution in [2.24, 2.45) is 11.8 Å². The molecule has 1 saturated carbocycles. The lowest BCUT2D eigenvalue weighted by Gasteiger charge is -2.41. The highest BCUT2D eigenvalue weighted by Crippen LogP contribution is 2.36. The summed E-state index contributed by atoms with van der Waals surface area (Å²) in [6.45, 7) is 2.47. The summed E-state index contributed by atoms with van der Waals surface area (Å²) in [7, 11) is -3.79. The molecule has 0 unspecified atom stereocenters. The van der Waals surface area contributed by atoms with Crippen molar-refractivity contribution in [1.29, 1.82) is 0 Å². The van der Waals surface area contributed by atoms with Crippen molar-refractivity contribution in [3.8, 4) is 11.5 Å². The fourth-order valence-electron chi connectivity index (χ4n) is 5.05. The average molecular weight is 457 g/mol. The molecule has 170 valence electrons. The number of likely N-dealkylation sites (tertiary alicyclic amines) is 1. The van der Waals surface area contributed by atoms with E-state index in [1.165, 1.54) is 37.8 Å². The Kier molecular flexibility index (Phi) is 5.71. The standard InChI is InChI=1S/C24H28N2O5S/c27-24(26-12-11-17-3-1-2-4-19(17)16-26)18-5-7-20(8-6-18)25-32(28,29)21-9-10-22-23(15-21)31-14-13-30-22/h5-10,15,17,19,25H,1-4,11-14,16H2/t17-,19+/m0/s1. The molecule has 2 fully saturated rings. The number of nitrogens with zero attached hydrogens (tertiary/aromatic N) is 1. The lowest BCUT2D eigenvalue weighted by Crippen LogP contribution is -2.44. The molecule has 8 heteroatoms. The summed E-state index contributed by atoms with van der Waals surface area (Å²) in [5, 5.41) is 0. The van der Waals surface area contributed by atoms with Crippen LogP contribution >= 0.6 is 0 Å². The van der Waals surface area contributed by atoms with Crippen LogP contribution in [0.4, 0.5) is 5.69 Å². The molecule has 2 aromatic carbocycles. The number of ether oxygens (including phenoxy) is 2. The normalized spacial score (nSPS) is 22.7. The van der Waals surface area contributed by atoms with Crippen LogP contribution in [0.1, 0.15) is 42.5 Å². The number of piperidine rings is 1. The highest BCUT2D eigenvalue weighted by Gasteiger charge is 2.33. The minimum absolute atomic E-state index is 0.0234. The molecule has 0 radical (unpaired) electrons. The van der Waals surface area contributed by atoms with Gasteiger partial charge in [0.2, 0.25) is 0 Å². The first-order chi connectivity index (χ1) is 15.5. The van der Waals surface area contributed by atoms with E-state index < -0.39 is 10.0 Å². The summed E-state index contributed by atoms with van der Waals surface area (Å²) in [5.41, 5.74) is 0.990. The summed E-state index contributed by atoms with van der Waals surface area (Å²) in [4.78, 5) is 15.0. The van der Waals surface area contributed by atoms with Crippen LogP contribution in [-0.4, -0.2) is 45.5 Å². The summed E-state index contributed by atoms with van der Waals surface area (Å²) >= 11 is 0. The van der Waals surface area contributed by atoms with Gasteiger partial charge in [0.25, 0.3) is 15.9 Å². The zero-order chi connectivity index (χ0) is 22.1. The van der Waals surface area contributed by atoms with Crippen molar-refractivity contribution in [3.05, 3.63) is 48.0 Å². The lowest BCUT2D eigenvalue weighted by molar-refractivity contribution is 0.0521. The number of fused-ring (bicyclic) bond motifs is 2.